The van der Waals surface area contributed by atoms with Crippen LogP contribution in [0.3, 0.4) is 0 Å². The summed E-state index contributed by atoms with van der Waals surface area (Å²) in [5.41, 5.74) is 1.50. The molecule has 0 saturated heterocycles. The predicted octanol–water partition coefficient (Wildman–Crippen LogP) is 1.57. The molecule has 0 spiro atoms. The van der Waals surface area contributed by atoms with Gasteiger partial charge < -0.3 is 15.5 Å². The maximum atomic E-state index is 10.7. The first kappa shape index (κ1) is 15.0. The van der Waals surface area contributed by atoms with Gasteiger partial charge in [-0.3, -0.25) is 4.79 Å². The number of aliphatic hydroxyl groups excluding tert-OH is 2. The first-order valence-corrected chi connectivity index (χ1v) is 6.15. The number of carbonyl (C=O) groups is 1. The Balaban J connectivity index is 2.62. The Morgan fingerprint density at radius 2 is 2.06 bits per heavy atom. The van der Waals surface area contributed by atoms with Crippen molar-refractivity contribution in [3.05, 3.63) is 34.3 Å². The van der Waals surface area contributed by atoms with Gasteiger partial charge in [0.05, 0.1) is 6.10 Å². The molecule has 1 aromatic rings. The highest BCUT2D eigenvalue weighted by molar-refractivity contribution is 6.30. The molecule has 3 N–H and O–H groups in total. The molecule has 1 amide bonds. The molecule has 2 atom stereocenters. The van der Waals surface area contributed by atoms with Crippen molar-refractivity contribution >= 4 is 17.5 Å². The number of nitrogens with one attached hydrogen (secondary N) is 1. The standard InChI is InChI=1S/C13H18ClNO3/c1-8-5-10(7-11(14)6-8)13(18)12(17)3-4-15-9(2)16/h5-7,12-13,17-18H,3-4H2,1-2H3,(H,15,16). The highest BCUT2D eigenvalue weighted by Crippen LogP contribution is 2.23. The number of amides is 1. The molecule has 0 aliphatic heterocycles. The van der Waals surface area contributed by atoms with Crippen LogP contribution < -0.4 is 5.32 Å². The summed E-state index contributed by atoms with van der Waals surface area (Å²) >= 11 is 5.90. The van der Waals surface area contributed by atoms with E-state index >= 15 is 0 Å². The molecule has 0 aromatic heterocycles. The molecule has 0 aliphatic carbocycles. The number of aliphatic hydroxyl groups is 2. The van der Waals surface area contributed by atoms with E-state index in [2.05, 4.69) is 5.32 Å². The molecular weight excluding hydrogens is 254 g/mol. The van der Waals surface area contributed by atoms with Crippen LogP contribution in [0.4, 0.5) is 0 Å². The number of carbonyl (C=O) groups excluding carboxylic acids is 1. The van der Waals surface area contributed by atoms with Gasteiger partial charge in [-0.15, -0.1) is 0 Å². The largest absolute Gasteiger partial charge is 0.390 e. The van der Waals surface area contributed by atoms with Gasteiger partial charge in [0.15, 0.2) is 0 Å². The number of halogens is 1. The number of benzene rings is 1. The smallest absolute Gasteiger partial charge is 0.216 e. The Morgan fingerprint density at radius 3 is 2.61 bits per heavy atom. The third-order valence-electron chi connectivity index (χ3n) is 2.58. The second-order valence-electron chi connectivity index (χ2n) is 4.35. The fraction of sp³-hybridized carbons (Fsp3) is 0.462. The SMILES string of the molecule is CC(=O)NCCC(O)C(O)c1cc(C)cc(Cl)c1. The van der Waals surface area contributed by atoms with Gasteiger partial charge in [0.25, 0.3) is 0 Å². The molecule has 0 aliphatic rings. The molecule has 0 fully saturated rings. The topological polar surface area (TPSA) is 69.6 Å². The van der Waals surface area contributed by atoms with Gasteiger partial charge in [0, 0.05) is 18.5 Å². The lowest BCUT2D eigenvalue weighted by molar-refractivity contribution is -0.119. The quantitative estimate of drug-likeness (QED) is 0.761. The van der Waals surface area contributed by atoms with E-state index < -0.39 is 12.2 Å². The molecule has 0 saturated carbocycles. The number of aryl methyl sites for hydroxylation is 1. The van der Waals surface area contributed by atoms with E-state index in [9.17, 15) is 15.0 Å². The molecule has 18 heavy (non-hydrogen) atoms. The van der Waals surface area contributed by atoms with Crippen molar-refractivity contribution < 1.29 is 15.0 Å². The average molecular weight is 272 g/mol. The van der Waals surface area contributed by atoms with Gasteiger partial charge in [-0.05, 0) is 36.6 Å². The van der Waals surface area contributed by atoms with E-state index in [-0.39, 0.29) is 12.3 Å². The van der Waals surface area contributed by atoms with E-state index in [0.29, 0.717) is 17.1 Å². The van der Waals surface area contributed by atoms with Crippen molar-refractivity contribution in [1.29, 1.82) is 0 Å². The lowest BCUT2D eigenvalue weighted by Gasteiger charge is -2.19. The molecule has 4 nitrogen and oxygen atoms in total. The average Bonchev–Trinajstić information content (AvgIpc) is 2.26. The van der Waals surface area contributed by atoms with Crippen LogP contribution in [0.1, 0.15) is 30.6 Å². The summed E-state index contributed by atoms with van der Waals surface area (Å²) in [6, 6.07) is 5.18. The lowest BCUT2D eigenvalue weighted by atomic mass is 10.0. The fourth-order valence-electron chi connectivity index (χ4n) is 1.71. The van der Waals surface area contributed by atoms with E-state index in [0.717, 1.165) is 5.56 Å². The second-order valence-corrected chi connectivity index (χ2v) is 4.78. The van der Waals surface area contributed by atoms with Crippen molar-refractivity contribution in [1.82, 2.24) is 5.32 Å². The zero-order valence-electron chi connectivity index (χ0n) is 10.5. The summed E-state index contributed by atoms with van der Waals surface area (Å²) < 4.78 is 0. The maximum Gasteiger partial charge on any atom is 0.216 e. The fourth-order valence-corrected chi connectivity index (χ4v) is 2.01. The highest BCUT2D eigenvalue weighted by Gasteiger charge is 2.18. The van der Waals surface area contributed by atoms with Crippen LogP contribution in [0.5, 0.6) is 0 Å². The van der Waals surface area contributed by atoms with Crippen molar-refractivity contribution in [3.63, 3.8) is 0 Å². The normalized spacial score (nSPS) is 14.1. The minimum Gasteiger partial charge on any atom is -0.390 e. The Kier molecular flexibility index (Phi) is 5.59. The van der Waals surface area contributed by atoms with Gasteiger partial charge in [-0.1, -0.05) is 17.7 Å². The molecule has 2 unspecified atom stereocenters. The lowest BCUT2D eigenvalue weighted by Crippen LogP contribution is -2.27. The van der Waals surface area contributed by atoms with Crippen molar-refractivity contribution in [2.45, 2.75) is 32.5 Å². The van der Waals surface area contributed by atoms with Crippen molar-refractivity contribution in [3.8, 4) is 0 Å². The molecule has 0 radical (unpaired) electrons. The van der Waals surface area contributed by atoms with Gasteiger partial charge >= 0.3 is 0 Å². The van der Waals surface area contributed by atoms with E-state index in [1.165, 1.54) is 6.92 Å². The summed E-state index contributed by atoms with van der Waals surface area (Å²) in [6.45, 7) is 3.60. The summed E-state index contributed by atoms with van der Waals surface area (Å²) in [6.07, 6.45) is -1.65. The number of hydrogen-bond acceptors (Lipinski definition) is 3. The minimum absolute atomic E-state index is 0.157. The van der Waals surface area contributed by atoms with E-state index in [1.807, 2.05) is 6.92 Å². The van der Waals surface area contributed by atoms with Gasteiger partial charge in [0.2, 0.25) is 5.91 Å². The Bertz CT molecular complexity index is 402. The zero-order valence-corrected chi connectivity index (χ0v) is 11.2. The van der Waals surface area contributed by atoms with E-state index in [4.69, 9.17) is 11.6 Å². The molecule has 100 valence electrons. The Hall–Kier alpha value is -1.10. The third-order valence-corrected chi connectivity index (χ3v) is 2.80. The molecule has 5 heteroatoms. The summed E-state index contributed by atoms with van der Waals surface area (Å²) in [7, 11) is 0. The molecule has 0 bridgehead atoms. The second kappa shape index (κ2) is 6.73. The van der Waals surface area contributed by atoms with Gasteiger partial charge in [0.1, 0.15) is 6.10 Å². The van der Waals surface area contributed by atoms with Crippen LogP contribution in [-0.2, 0) is 4.79 Å². The maximum absolute atomic E-state index is 10.7. The van der Waals surface area contributed by atoms with Crippen LogP contribution in [0.25, 0.3) is 0 Å². The Labute approximate surface area is 112 Å². The summed E-state index contributed by atoms with van der Waals surface area (Å²) in [4.78, 5) is 10.7. The molecular formula is C13H18ClNO3. The number of rotatable bonds is 5. The van der Waals surface area contributed by atoms with E-state index in [1.54, 1.807) is 18.2 Å². The van der Waals surface area contributed by atoms with Crippen LogP contribution in [0, 0.1) is 6.92 Å². The predicted molar refractivity (Wildman–Crippen MR) is 70.5 cm³/mol. The monoisotopic (exact) mass is 271 g/mol. The molecule has 0 heterocycles. The zero-order chi connectivity index (χ0) is 13.7. The van der Waals surface area contributed by atoms with Crippen LogP contribution in [0.15, 0.2) is 18.2 Å². The van der Waals surface area contributed by atoms with Crippen LogP contribution >= 0.6 is 11.6 Å². The van der Waals surface area contributed by atoms with Gasteiger partial charge in [-0.25, -0.2) is 0 Å². The first-order chi connectivity index (χ1) is 8.40. The third kappa shape index (κ3) is 4.64. The summed E-state index contributed by atoms with van der Waals surface area (Å²) in [5.74, 6) is -0.157. The first-order valence-electron chi connectivity index (χ1n) is 5.78. The molecule has 1 rings (SSSR count). The van der Waals surface area contributed by atoms with Crippen molar-refractivity contribution in [2.24, 2.45) is 0 Å². The minimum atomic E-state index is -1.00. The molecule has 1 aromatic carbocycles. The number of hydrogen-bond donors (Lipinski definition) is 3. The van der Waals surface area contributed by atoms with Crippen LogP contribution in [0.2, 0.25) is 5.02 Å². The van der Waals surface area contributed by atoms with Crippen LogP contribution in [-0.4, -0.2) is 28.8 Å². The summed E-state index contributed by atoms with van der Waals surface area (Å²) in [5, 5.41) is 22.9. The van der Waals surface area contributed by atoms with Gasteiger partial charge in [-0.2, -0.15) is 0 Å². The van der Waals surface area contributed by atoms with Crippen molar-refractivity contribution in [2.75, 3.05) is 6.54 Å². The Morgan fingerprint density at radius 1 is 1.39 bits per heavy atom. The highest BCUT2D eigenvalue weighted by atomic mass is 35.5.